The summed E-state index contributed by atoms with van der Waals surface area (Å²) < 4.78 is 19.1. The first-order chi connectivity index (χ1) is 10.1. The number of para-hydroxylation sites is 1. The average Bonchev–Trinajstić information content (AvgIpc) is 2.85. The van der Waals surface area contributed by atoms with E-state index >= 15 is 0 Å². The number of rotatable bonds is 3. The summed E-state index contributed by atoms with van der Waals surface area (Å²) in [5, 5.41) is 1.30. The Hall–Kier alpha value is -1.84. The number of aryl methyl sites for hydroxylation is 1. The standard InChI is InChI=1S/C17H15ClFNO/c1-2-14-16(12-5-3-4-6-15(12)21-14)17(20)11-8-7-10(19)9-13(11)18/h3-9,17H,2,20H2,1H3. The highest BCUT2D eigenvalue weighted by molar-refractivity contribution is 6.31. The van der Waals surface area contributed by atoms with Crippen LogP contribution < -0.4 is 5.73 Å². The van der Waals surface area contributed by atoms with Gasteiger partial charge in [0.05, 0.1) is 6.04 Å². The number of nitrogens with two attached hydrogens (primary N) is 1. The molecule has 0 amide bonds. The SMILES string of the molecule is CCc1oc2ccccc2c1C(N)c1ccc(F)cc1Cl. The quantitative estimate of drug-likeness (QED) is 0.752. The van der Waals surface area contributed by atoms with Gasteiger partial charge in [0.25, 0.3) is 0 Å². The Morgan fingerprint density at radius 2 is 2.00 bits per heavy atom. The zero-order valence-corrected chi connectivity index (χ0v) is 12.3. The second kappa shape index (κ2) is 5.51. The largest absolute Gasteiger partial charge is 0.461 e. The minimum atomic E-state index is -0.448. The molecule has 3 rings (SSSR count). The fourth-order valence-corrected chi connectivity index (χ4v) is 2.91. The van der Waals surface area contributed by atoms with Crippen LogP contribution in [0.1, 0.15) is 29.9 Å². The van der Waals surface area contributed by atoms with Crippen molar-refractivity contribution in [1.82, 2.24) is 0 Å². The van der Waals surface area contributed by atoms with Crippen LogP contribution in [0, 0.1) is 5.82 Å². The number of hydrogen-bond acceptors (Lipinski definition) is 2. The molecule has 1 atom stereocenters. The Bertz CT molecular complexity index is 797. The zero-order chi connectivity index (χ0) is 15.0. The van der Waals surface area contributed by atoms with Crippen molar-refractivity contribution in [2.45, 2.75) is 19.4 Å². The fourth-order valence-electron chi connectivity index (χ4n) is 2.63. The molecule has 0 aliphatic rings. The van der Waals surface area contributed by atoms with E-state index in [1.165, 1.54) is 12.1 Å². The highest BCUT2D eigenvalue weighted by Crippen LogP contribution is 2.35. The van der Waals surface area contributed by atoms with Crippen LogP contribution in [0.3, 0.4) is 0 Å². The molecule has 0 spiro atoms. The number of fused-ring (bicyclic) bond motifs is 1. The van der Waals surface area contributed by atoms with Crippen molar-refractivity contribution >= 4 is 22.6 Å². The van der Waals surface area contributed by atoms with Crippen molar-refractivity contribution in [2.75, 3.05) is 0 Å². The Morgan fingerprint density at radius 1 is 1.24 bits per heavy atom. The Labute approximate surface area is 127 Å². The van der Waals surface area contributed by atoms with Crippen molar-refractivity contribution < 1.29 is 8.81 Å². The van der Waals surface area contributed by atoms with Crippen LogP contribution in [0.2, 0.25) is 5.02 Å². The number of furan rings is 1. The lowest BCUT2D eigenvalue weighted by Crippen LogP contribution is -2.13. The Morgan fingerprint density at radius 3 is 2.71 bits per heavy atom. The van der Waals surface area contributed by atoms with Gasteiger partial charge in [0.15, 0.2) is 0 Å². The van der Waals surface area contributed by atoms with E-state index in [0.717, 1.165) is 28.7 Å². The first kappa shape index (κ1) is 14.1. The summed E-state index contributed by atoms with van der Waals surface area (Å²) in [5.41, 5.74) is 8.80. The van der Waals surface area contributed by atoms with E-state index in [0.29, 0.717) is 10.6 Å². The van der Waals surface area contributed by atoms with Crippen LogP contribution in [0.15, 0.2) is 46.9 Å². The van der Waals surface area contributed by atoms with Crippen molar-refractivity contribution in [3.63, 3.8) is 0 Å². The van der Waals surface area contributed by atoms with E-state index in [-0.39, 0.29) is 5.82 Å². The van der Waals surface area contributed by atoms with Gasteiger partial charge >= 0.3 is 0 Å². The van der Waals surface area contributed by atoms with Crippen LogP contribution in [-0.2, 0) is 6.42 Å². The summed E-state index contributed by atoms with van der Waals surface area (Å²) in [5.74, 6) is 0.466. The molecule has 2 aromatic carbocycles. The predicted molar refractivity (Wildman–Crippen MR) is 83.0 cm³/mol. The van der Waals surface area contributed by atoms with Gasteiger partial charge in [0, 0.05) is 22.4 Å². The molecular weight excluding hydrogens is 289 g/mol. The first-order valence-corrected chi connectivity index (χ1v) is 7.20. The molecule has 3 aromatic rings. The van der Waals surface area contributed by atoms with Gasteiger partial charge in [-0.05, 0) is 23.8 Å². The molecule has 4 heteroatoms. The molecule has 0 aliphatic heterocycles. The highest BCUT2D eigenvalue weighted by Gasteiger charge is 2.22. The van der Waals surface area contributed by atoms with Crippen LogP contribution in [0.4, 0.5) is 4.39 Å². The van der Waals surface area contributed by atoms with Gasteiger partial charge in [-0.15, -0.1) is 0 Å². The van der Waals surface area contributed by atoms with Crippen molar-refractivity contribution in [3.8, 4) is 0 Å². The molecule has 0 bridgehead atoms. The van der Waals surface area contributed by atoms with Crippen molar-refractivity contribution in [1.29, 1.82) is 0 Å². The average molecular weight is 304 g/mol. The molecule has 0 aliphatic carbocycles. The van der Waals surface area contributed by atoms with Gasteiger partial charge in [-0.1, -0.05) is 42.8 Å². The van der Waals surface area contributed by atoms with Gasteiger partial charge in [-0.3, -0.25) is 0 Å². The minimum Gasteiger partial charge on any atom is -0.461 e. The van der Waals surface area contributed by atoms with Gasteiger partial charge in [0.1, 0.15) is 17.2 Å². The number of benzene rings is 2. The summed E-state index contributed by atoms with van der Waals surface area (Å²) >= 11 is 6.14. The van der Waals surface area contributed by atoms with E-state index < -0.39 is 6.04 Å². The minimum absolute atomic E-state index is 0.329. The third-order valence-corrected chi connectivity index (χ3v) is 3.97. The Balaban J connectivity index is 2.18. The van der Waals surface area contributed by atoms with Crippen molar-refractivity contribution in [3.05, 3.63) is 70.2 Å². The third-order valence-electron chi connectivity index (χ3n) is 3.64. The molecule has 21 heavy (non-hydrogen) atoms. The molecule has 108 valence electrons. The van der Waals surface area contributed by atoms with E-state index in [9.17, 15) is 4.39 Å². The molecule has 2 N–H and O–H groups in total. The highest BCUT2D eigenvalue weighted by atomic mass is 35.5. The topological polar surface area (TPSA) is 39.2 Å². The normalized spacial score (nSPS) is 12.8. The van der Waals surface area contributed by atoms with Gasteiger partial charge in [-0.25, -0.2) is 4.39 Å². The van der Waals surface area contributed by atoms with E-state index in [1.54, 1.807) is 6.07 Å². The fraction of sp³-hybridized carbons (Fsp3) is 0.176. The molecule has 1 heterocycles. The second-order valence-electron chi connectivity index (χ2n) is 4.93. The lowest BCUT2D eigenvalue weighted by atomic mass is 9.96. The third kappa shape index (κ3) is 2.43. The molecule has 0 saturated carbocycles. The van der Waals surface area contributed by atoms with Crippen LogP contribution in [0.25, 0.3) is 11.0 Å². The lowest BCUT2D eigenvalue weighted by Gasteiger charge is -2.14. The summed E-state index contributed by atoms with van der Waals surface area (Å²) in [7, 11) is 0. The predicted octanol–water partition coefficient (Wildman–Crippen LogP) is 4.84. The van der Waals surface area contributed by atoms with Crippen molar-refractivity contribution in [2.24, 2.45) is 5.73 Å². The van der Waals surface area contributed by atoms with Gasteiger partial charge < -0.3 is 10.2 Å². The van der Waals surface area contributed by atoms with Gasteiger partial charge in [0.2, 0.25) is 0 Å². The van der Waals surface area contributed by atoms with E-state index in [2.05, 4.69) is 0 Å². The molecular formula is C17H15ClFNO. The molecule has 1 unspecified atom stereocenters. The van der Waals surface area contributed by atoms with Gasteiger partial charge in [-0.2, -0.15) is 0 Å². The maximum atomic E-state index is 13.2. The lowest BCUT2D eigenvalue weighted by molar-refractivity contribution is 0.546. The maximum absolute atomic E-state index is 13.2. The summed E-state index contributed by atoms with van der Waals surface area (Å²) in [4.78, 5) is 0. The number of hydrogen-bond donors (Lipinski definition) is 1. The summed E-state index contributed by atoms with van der Waals surface area (Å²) in [6.07, 6.45) is 0.733. The molecule has 0 saturated heterocycles. The second-order valence-corrected chi connectivity index (χ2v) is 5.34. The maximum Gasteiger partial charge on any atom is 0.134 e. The Kier molecular flexibility index (Phi) is 3.70. The van der Waals surface area contributed by atoms with Crippen LogP contribution in [-0.4, -0.2) is 0 Å². The molecule has 0 radical (unpaired) electrons. The summed E-state index contributed by atoms with van der Waals surface area (Å²) in [6, 6.07) is 11.6. The smallest absolute Gasteiger partial charge is 0.134 e. The zero-order valence-electron chi connectivity index (χ0n) is 11.6. The number of halogens is 2. The molecule has 2 nitrogen and oxygen atoms in total. The first-order valence-electron chi connectivity index (χ1n) is 6.82. The monoisotopic (exact) mass is 303 g/mol. The van der Waals surface area contributed by atoms with E-state index in [4.69, 9.17) is 21.8 Å². The van der Waals surface area contributed by atoms with Crippen LogP contribution >= 0.6 is 11.6 Å². The molecule has 0 fully saturated rings. The van der Waals surface area contributed by atoms with E-state index in [1.807, 2.05) is 31.2 Å². The summed E-state index contributed by atoms with van der Waals surface area (Å²) in [6.45, 7) is 2.01. The molecule has 1 aromatic heterocycles. The van der Waals surface area contributed by atoms with Crippen LogP contribution in [0.5, 0.6) is 0 Å².